The molecule has 0 atom stereocenters. The highest BCUT2D eigenvalue weighted by Gasteiger charge is 2.11. The molecule has 0 amide bonds. The Balaban J connectivity index is 2.94. The number of nitrogens with zero attached hydrogens (tertiary/aromatic N) is 3. The second-order valence-corrected chi connectivity index (χ2v) is 3.29. The molecule has 0 aliphatic carbocycles. The molecule has 14 heavy (non-hydrogen) atoms. The van der Waals surface area contributed by atoms with Gasteiger partial charge in [0.2, 0.25) is 0 Å². The Morgan fingerprint density at radius 3 is 2.79 bits per heavy atom. The third-order valence-electron chi connectivity index (χ3n) is 2.05. The molecule has 0 bridgehead atoms. The normalized spacial score (nSPS) is 10.7. The first-order valence-electron chi connectivity index (χ1n) is 4.22. The van der Waals surface area contributed by atoms with E-state index in [2.05, 4.69) is 10.1 Å². The van der Waals surface area contributed by atoms with Crippen LogP contribution in [0.4, 0.5) is 5.95 Å². The smallest absolute Gasteiger partial charge is 0.288 e. The van der Waals surface area contributed by atoms with E-state index in [1.807, 2.05) is 19.9 Å². The second-order valence-electron chi connectivity index (χ2n) is 3.29. The number of rotatable bonds is 0. The van der Waals surface area contributed by atoms with Gasteiger partial charge in [-0.3, -0.25) is 0 Å². The predicted molar refractivity (Wildman–Crippen MR) is 52.4 cm³/mol. The van der Waals surface area contributed by atoms with Crippen LogP contribution in [0.3, 0.4) is 0 Å². The van der Waals surface area contributed by atoms with Crippen molar-refractivity contribution in [3.05, 3.63) is 28.5 Å². The van der Waals surface area contributed by atoms with Crippen LogP contribution in [0, 0.1) is 19.1 Å². The van der Waals surface area contributed by atoms with Crippen molar-refractivity contribution in [1.82, 2.24) is 10.1 Å². The van der Waals surface area contributed by atoms with E-state index in [1.54, 1.807) is 6.07 Å². The molecule has 0 spiro atoms. The highest BCUT2D eigenvalue weighted by molar-refractivity contribution is 5.76. The van der Waals surface area contributed by atoms with Crippen LogP contribution in [0.5, 0.6) is 0 Å². The van der Waals surface area contributed by atoms with Crippen LogP contribution < -0.4 is 10.6 Å². The molecule has 5 nitrogen and oxygen atoms in total. The zero-order valence-corrected chi connectivity index (χ0v) is 7.98. The molecule has 0 unspecified atom stereocenters. The average molecular weight is 190 g/mol. The minimum absolute atomic E-state index is 0.000506. The van der Waals surface area contributed by atoms with Crippen LogP contribution in [0.15, 0.2) is 12.1 Å². The first-order chi connectivity index (χ1) is 6.58. The van der Waals surface area contributed by atoms with E-state index in [9.17, 15) is 5.21 Å². The average Bonchev–Trinajstić information content (AvgIpc) is 2.07. The van der Waals surface area contributed by atoms with E-state index in [0.29, 0.717) is 15.9 Å². The molecule has 0 saturated carbocycles. The molecule has 72 valence electrons. The molecule has 1 heterocycles. The number of hydrogen-bond donors (Lipinski definition) is 1. The summed E-state index contributed by atoms with van der Waals surface area (Å²) in [4.78, 5) is 4.53. The molecule has 2 aromatic rings. The van der Waals surface area contributed by atoms with Gasteiger partial charge in [-0.25, -0.2) is 4.98 Å². The molecule has 0 radical (unpaired) electrons. The van der Waals surface area contributed by atoms with Gasteiger partial charge in [0, 0.05) is 6.07 Å². The molecule has 1 aromatic heterocycles. The van der Waals surface area contributed by atoms with Crippen LogP contribution in [-0.4, -0.2) is 10.1 Å². The lowest BCUT2D eigenvalue weighted by molar-refractivity contribution is -0.641. The minimum atomic E-state index is -0.000506. The molecule has 0 fully saturated rings. The third kappa shape index (κ3) is 1.22. The van der Waals surface area contributed by atoms with Crippen molar-refractivity contribution in [1.29, 1.82) is 0 Å². The van der Waals surface area contributed by atoms with Crippen molar-refractivity contribution in [3.63, 3.8) is 0 Å². The maximum Gasteiger partial charge on any atom is 0.288 e. The highest BCUT2D eigenvalue weighted by Crippen LogP contribution is 2.15. The van der Waals surface area contributed by atoms with Gasteiger partial charge in [-0.15, -0.1) is 0 Å². The summed E-state index contributed by atoms with van der Waals surface area (Å²) < 4.78 is 0. The van der Waals surface area contributed by atoms with Crippen molar-refractivity contribution < 1.29 is 4.85 Å². The first-order valence-corrected chi connectivity index (χ1v) is 4.22. The summed E-state index contributed by atoms with van der Waals surface area (Å²) in [5, 5.41) is 14.9. The fraction of sp³-hybridized carbons (Fsp3) is 0.222. The first kappa shape index (κ1) is 8.68. The summed E-state index contributed by atoms with van der Waals surface area (Å²) in [6.45, 7) is 3.81. The van der Waals surface area contributed by atoms with E-state index < -0.39 is 0 Å². The third-order valence-corrected chi connectivity index (χ3v) is 2.05. The quantitative estimate of drug-likeness (QED) is 0.483. The summed E-state index contributed by atoms with van der Waals surface area (Å²) in [5.74, 6) is -0.000506. The lowest BCUT2D eigenvalue weighted by atomic mass is 10.1. The Morgan fingerprint density at radius 1 is 1.36 bits per heavy atom. The number of benzene rings is 1. The summed E-state index contributed by atoms with van der Waals surface area (Å²) in [6, 6.07) is 3.70. The van der Waals surface area contributed by atoms with Gasteiger partial charge in [0.05, 0.1) is 5.10 Å². The Labute approximate surface area is 80.8 Å². The van der Waals surface area contributed by atoms with Gasteiger partial charge in [0.1, 0.15) is 5.52 Å². The highest BCUT2D eigenvalue weighted by atomic mass is 16.5. The summed E-state index contributed by atoms with van der Waals surface area (Å²) >= 11 is 0. The zero-order valence-electron chi connectivity index (χ0n) is 7.98. The topological polar surface area (TPSA) is 78.7 Å². The summed E-state index contributed by atoms with van der Waals surface area (Å²) in [7, 11) is 0. The lowest BCUT2D eigenvalue weighted by Crippen LogP contribution is -2.33. The van der Waals surface area contributed by atoms with Crippen molar-refractivity contribution in [3.8, 4) is 0 Å². The standard InChI is InChI=1S/C9H10N4O/c1-5-3-6(2)8-7(4-5)13(14)12-9(10)11-8/h3-4H,1-2H3,(H2,10,11,12). The Morgan fingerprint density at radius 2 is 2.07 bits per heavy atom. The van der Waals surface area contributed by atoms with Crippen molar-refractivity contribution in [2.45, 2.75) is 13.8 Å². The Hall–Kier alpha value is -1.91. The lowest BCUT2D eigenvalue weighted by Gasteiger charge is -2.03. The van der Waals surface area contributed by atoms with Crippen LogP contribution in [0.1, 0.15) is 11.1 Å². The van der Waals surface area contributed by atoms with Gasteiger partial charge in [-0.05, 0) is 29.8 Å². The maximum atomic E-state index is 11.4. The van der Waals surface area contributed by atoms with Crippen LogP contribution in [-0.2, 0) is 0 Å². The van der Waals surface area contributed by atoms with Crippen molar-refractivity contribution in [2.75, 3.05) is 5.73 Å². The largest absolute Gasteiger partial charge is 0.594 e. The molecular weight excluding hydrogens is 180 g/mol. The Kier molecular flexibility index (Phi) is 1.73. The molecule has 0 aliphatic heterocycles. The number of aryl methyl sites for hydroxylation is 2. The van der Waals surface area contributed by atoms with Gasteiger partial charge in [-0.1, -0.05) is 6.07 Å². The van der Waals surface area contributed by atoms with Crippen molar-refractivity contribution >= 4 is 17.0 Å². The minimum Gasteiger partial charge on any atom is -0.594 e. The van der Waals surface area contributed by atoms with Crippen LogP contribution >= 0.6 is 0 Å². The Bertz CT molecular complexity index is 462. The number of aromatic nitrogens is 3. The zero-order chi connectivity index (χ0) is 10.3. The second kappa shape index (κ2) is 2.80. The maximum absolute atomic E-state index is 11.4. The number of nitrogens with two attached hydrogens (primary N) is 1. The molecule has 0 aliphatic rings. The number of fused-ring (bicyclic) bond motifs is 1. The van der Waals surface area contributed by atoms with Gasteiger partial charge in [0.25, 0.3) is 11.5 Å². The van der Waals surface area contributed by atoms with E-state index >= 15 is 0 Å². The SMILES string of the molecule is Cc1cc(C)c2nc(N)n[n+]([O-])c2c1. The predicted octanol–water partition coefficient (Wildman–Crippen LogP) is 0.462. The van der Waals surface area contributed by atoms with E-state index in [0.717, 1.165) is 11.1 Å². The number of hydrogen-bond acceptors (Lipinski definition) is 4. The van der Waals surface area contributed by atoms with Gasteiger partial charge >= 0.3 is 0 Å². The van der Waals surface area contributed by atoms with Crippen molar-refractivity contribution in [2.24, 2.45) is 0 Å². The summed E-state index contributed by atoms with van der Waals surface area (Å²) in [6.07, 6.45) is 0. The molecule has 2 N–H and O–H groups in total. The van der Waals surface area contributed by atoms with Gasteiger partial charge in [-0.2, -0.15) is 0 Å². The van der Waals surface area contributed by atoms with E-state index in [-0.39, 0.29) is 5.95 Å². The van der Waals surface area contributed by atoms with E-state index in [1.165, 1.54) is 0 Å². The number of anilines is 1. The molecule has 5 heteroatoms. The fourth-order valence-electron chi connectivity index (χ4n) is 1.51. The molecular formula is C9H10N4O. The molecule has 1 aromatic carbocycles. The summed E-state index contributed by atoms with van der Waals surface area (Å²) in [5.41, 5.74) is 8.39. The van der Waals surface area contributed by atoms with Crippen LogP contribution in [0.25, 0.3) is 11.0 Å². The van der Waals surface area contributed by atoms with Gasteiger partial charge in [0.15, 0.2) is 0 Å². The number of nitrogen functional groups attached to an aromatic ring is 1. The fourth-order valence-corrected chi connectivity index (χ4v) is 1.51. The van der Waals surface area contributed by atoms with E-state index in [4.69, 9.17) is 5.73 Å². The van der Waals surface area contributed by atoms with Gasteiger partial charge < -0.3 is 10.9 Å². The molecule has 0 saturated heterocycles. The monoisotopic (exact) mass is 190 g/mol. The molecule has 2 rings (SSSR count). The van der Waals surface area contributed by atoms with Crippen LogP contribution in [0.2, 0.25) is 0 Å².